The molecule has 3 N–H and O–H groups in total. The van der Waals surface area contributed by atoms with Gasteiger partial charge in [0.2, 0.25) is 5.91 Å². The Morgan fingerprint density at radius 3 is 2.38 bits per heavy atom. The summed E-state index contributed by atoms with van der Waals surface area (Å²) in [5.41, 5.74) is 0. The number of hydrogen-bond acceptors (Lipinski definition) is 7. The Kier molecular flexibility index (Phi) is 15.2. The monoisotopic (exact) mass is 478 g/mol. The second-order valence-corrected chi connectivity index (χ2v) is 10.3. The van der Waals surface area contributed by atoms with Crippen molar-refractivity contribution in [1.29, 1.82) is 0 Å². The summed E-state index contributed by atoms with van der Waals surface area (Å²) in [6.45, 7) is 5.48. The molecule has 0 fully saturated rings. The van der Waals surface area contributed by atoms with Crippen molar-refractivity contribution >= 4 is 13.7 Å². The second-order valence-electron chi connectivity index (χ2n) is 8.88. The molecule has 0 saturated heterocycles. The van der Waals surface area contributed by atoms with Crippen LogP contribution in [-0.4, -0.2) is 79.8 Å². The van der Waals surface area contributed by atoms with Crippen molar-refractivity contribution in [1.82, 2.24) is 5.32 Å². The van der Waals surface area contributed by atoms with Gasteiger partial charge in [0, 0.05) is 0 Å². The van der Waals surface area contributed by atoms with Gasteiger partial charge in [-0.2, -0.15) is 0 Å². The minimum atomic E-state index is -4.65. The summed E-state index contributed by atoms with van der Waals surface area (Å²) in [5, 5.41) is 23.5. The Hall–Kier alpha value is -1.06. The van der Waals surface area contributed by atoms with Gasteiger partial charge in [-0.15, -0.1) is 0 Å². The van der Waals surface area contributed by atoms with E-state index in [1.807, 2.05) is 47.1 Å². The van der Waals surface area contributed by atoms with Gasteiger partial charge in [-0.3, -0.25) is 9.36 Å². The third kappa shape index (κ3) is 14.9. The van der Waals surface area contributed by atoms with E-state index in [4.69, 9.17) is 9.05 Å². The summed E-state index contributed by atoms with van der Waals surface area (Å²) in [6, 6.07) is -1.14. The van der Waals surface area contributed by atoms with Crippen LogP contribution in [0.15, 0.2) is 24.3 Å². The fourth-order valence-electron chi connectivity index (χ4n) is 2.54. The van der Waals surface area contributed by atoms with E-state index < -0.39 is 44.5 Å². The van der Waals surface area contributed by atoms with Crippen LogP contribution in [0.2, 0.25) is 0 Å². The number of rotatable bonds is 17. The Balaban J connectivity index is 5.17. The van der Waals surface area contributed by atoms with Crippen LogP contribution in [0.5, 0.6) is 0 Å². The standard InChI is InChI=1S/C22H43N2O7P/c1-7-9-11-13-18(3)22(27)23-19(21(26)20(25)14-12-10-8-2)17-31-32(28,29)30-16-15-24(4,5)6/h10-13,18-21,25-26H,7-9,14-17H2,1-6H3,(H-,23,27,28,29)/b12-10+,13-11-/t18?,19-,20+,21-/m0/s1. The number of carbonyl (C=O) groups is 1. The molecule has 10 heteroatoms. The van der Waals surface area contributed by atoms with Crippen molar-refractivity contribution in [3.63, 3.8) is 0 Å². The molecule has 0 aromatic carbocycles. The fraction of sp³-hybridized carbons (Fsp3) is 0.773. The second kappa shape index (κ2) is 15.7. The van der Waals surface area contributed by atoms with Crippen LogP contribution in [-0.2, 0) is 18.4 Å². The summed E-state index contributed by atoms with van der Waals surface area (Å²) in [6.07, 6.45) is 7.27. The SMILES string of the molecule is CC/C=C/C[C@@H](O)[C@@H](O)[C@H](COP(=O)([O-])OCC[N+](C)(C)C)NC(=O)C(C)/C=C\CCC. The van der Waals surface area contributed by atoms with E-state index >= 15 is 0 Å². The van der Waals surface area contributed by atoms with Crippen LogP contribution in [0.1, 0.15) is 46.5 Å². The normalized spacial score (nSPS) is 18.4. The van der Waals surface area contributed by atoms with Crippen LogP contribution in [0.4, 0.5) is 0 Å². The molecule has 0 saturated carbocycles. The first kappa shape index (κ1) is 30.9. The van der Waals surface area contributed by atoms with E-state index in [-0.39, 0.29) is 13.0 Å². The Bertz CT molecular complexity index is 634. The lowest BCUT2D eigenvalue weighted by Gasteiger charge is -2.31. The number of unbranched alkanes of at least 4 members (excludes halogenated alkanes) is 1. The molecular weight excluding hydrogens is 435 g/mol. The average Bonchev–Trinajstić information content (AvgIpc) is 2.69. The van der Waals surface area contributed by atoms with Crippen LogP contribution in [0, 0.1) is 5.92 Å². The van der Waals surface area contributed by atoms with E-state index in [0.717, 1.165) is 19.3 Å². The summed E-state index contributed by atoms with van der Waals surface area (Å²) < 4.78 is 22.4. The Labute approximate surface area is 193 Å². The van der Waals surface area contributed by atoms with Crippen molar-refractivity contribution in [2.24, 2.45) is 5.92 Å². The summed E-state index contributed by atoms with van der Waals surface area (Å²) >= 11 is 0. The number of phosphoric acid groups is 1. The average molecular weight is 479 g/mol. The Morgan fingerprint density at radius 1 is 1.16 bits per heavy atom. The molecule has 0 aliphatic rings. The van der Waals surface area contributed by atoms with Gasteiger partial charge in [-0.1, -0.05) is 51.5 Å². The first-order valence-electron chi connectivity index (χ1n) is 11.2. The number of nitrogens with zero attached hydrogens (tertiary/aromatic N) is 1. The largest absolute Gasteiger partial charge is 0.756 e. The first-order chi connectivity index (χ1) is 14.8. The Morgan fingerprint density at radius 2 is 1.81 bits per heavy atom. The topological polar surface area (TPSA) is 128 Å². The molecule has 0 bridgehead atoms. The zero-order chi connectivity index (χ0) is 24.8. The van der Waals surface area contributed by atoms with Gasteiger partial charge < -0.3 is 34.0 Å². The van der Waals surface area contributed by atoms with Crippen molar-refractivity contribution in [3.05, 3.63) is 24.3 Å². The van der Waals surface area contributed by atoms with Crippen molar-refractivity contribution in [3.8, 4) is 0 Å². The minimum Gasteiger partial charge on any atom is -0.756 e. The molecule has 0 radical (unpaired) electrons. The van der Waals surface area contributed by atoms with E-state index in [1.165, 1.54) is 0 Å². The molecule has 0 aliphatic heterocycles. The molecule has 188 valence electrons. The quantitative estimate of drug-likeness (QED) is 0.165. The number of carbonyl (C=O) groups excluding carboxylic acids is 1. The predicted octanol–water partition coefficient (Wildman–Crippen LogP) is 1.75. The number of quaternary nitrogens is 1. The molecule has 2 unspecified atom stereocenters. The fourth-order valence-corrected chi connectivity index (χ4v) is 3.26. The third-order valence-corrected chi connectivity index (χ3v) is 5.60. The van der Waals surface area contributed by atoms with Crippen molar-refractivity contribution in [2.45, 2.75) is 64.7 Å². The molecule has 5 atom stereocenters. The van der Waals surface area contributed by atoms with E-state index in [0.29, 0.717) is 11.0 Å². The van der Waals surface area contributed by atoms with Crippen molar-refractivity contribution in [2.75, 3.05) is 40.9 Å². The number of phosphoric ester groups is 1. The molecule has 0 aromatic heterocycles. The van der Waals surface area contributed by atoms with Crippen LogP contribution in [0.25, 0.3) is 0 Å². The highest BCUT2D eigenvalue weighted by Gasteiger charge is 2.30. The first-order valence-corrected chi connectivity index (χ1v) is 12.7. The van der Waals surface area contributed by atoms with Crippen LogP contribution < -0.4 is 10.2 Å². The smallest absolute Gasteiger partial charge is 0.268 e. The molecule has 0 spiro atoms. The van der Waals surface area contributed by atoms with E-state index in [1.54, 1.807) is 19.1 Å². The van der Waals surface area contributed by atoms with Crippen molar-refractivity contribution < 1.29 is 38.0 Å². The third-order valence-electron chi connectivity index (χ3n) is 4.63. The van der Waals surface area contributed by atoms with E-state index in [2.05, 4.69) is 5.32 Å². The number of hydrogen-bond donors (Lipinski definition) is 3. The highest BCUT2D eigenvalue weighted by atomic mass is 31.2. The molecule has 9 nitrogen and oxygen atoms in total. The molecule has 0 aromatic rings. The highest BCUT2D eigenvalue weighted by molar-refractivity contribution is 7.45. The number of nitrogens with one attached hydrogen (secondary N) is 1. The molecular formula is C22H43N2O7P. The van der Waals surface area contributed by atoms with Crippen LogP contribution in [0.3, 0.4) is 0 Å². The predicted molar refractivity (Wildman–Crippen MR) is 124 cm³/mol. The number of likely N-dealkylation sites (N-methyl/N-ethyl adjacent to an activating group) is 1. The lowest BCUT2D eigenvalue weighted by molar-refractivity contribution is -0.870. The molecule has 0 rings (SSSR count). The summed E-state index contributed by atoms with van der Waals surface area (Å²) in [5.74, 6) is -0.902. The maximum atomic E-state index is 12.5. The van der Waals surface area contributed by atoms with Gasteiger partial charge in [-0.05, 0) is 19.3 Å². The zero-order valence-electron chi connectivity index (χ0n) is 20.4. The maximum Gasteiger partial charge on any atom is 0.268 e. The van der Waals surface area contributed by atoms with Crippen LogP contribution >= 0.6 is 7.82 Å². The highest BCUT2D eigenvalue weighted by Crippen LogP contribution is 2.38. The zero-order valence-corrected chi connectivity index (χ0v) is 21.3. The molecule has 0 heterocycles. The van der Waals surface area contributed by atoms with Gasteiger partial charge in [0.25, 0.3) is 7.82 Å². The van der Waals surface area contributed by atoms with Gasteiger partial charge in [0.15, 0.2) is 0 Å². The number of aliphatic hydroxyl groups excluding tert-OH is 2. The lowest BCUT2D eigenvalue weighted by Crippen LogP contribution is -2.52. The van der Waals surface area contributed by atoms with Gasteiger partial charge in [0.05, 0.1) is 45.8 Å². The van der Waals surface area contributed by atoms with E-state index in [9.17, 15) is 24.5 Å². The number of aliphatic hydroxyl groups is 2. The molecule has 0 aliphatic carbocycles. The van der Waals surface area contributed by atoms with Gasteiger partial charge in [-0.25, -0.2) is 0 Å². The molecule has 1 amide bonds. The minimum absolute atomic E-state index is 0.0620. The number of amides is 1. The molecule has 32 heavy (non-hydrogen) atoms. The summed E-state index contributed by atoms with van der Waals surface area (Å²) in [7, 11) is 1.04. The lowest BCUT2D eigenvalue weighted by atomic mass is 10.0. The number of allylic oxidation sites excluding steroid dienone is 2. The maximum absolute atomic E-state index is 12.5. The van der Waals surface area contributed by atoms with Gasteiger partial charge in [0.1, 0.15) is 19.3 Å². The summed E-state index contributed by atoms with van der Waals surface area (Å²) in [4.78, 5) is 24.7. The van der Waals surface area contributed by atoms with Gasteiger partial charge >= 0.3 is 0 Å².